The third-order valence-corrected chi connectivity index (χ3v) is 6.42. The van der Waals surface area contributed by atoms with Gasteiger partial charge in [-0.25, -0.2) is 23.2 Å². The predicted octanol–water partition coefficient (Wildman–Crippen LogP) is 3.82. The lowest BCUT2D eigenvalue weighted by atomic mass is 10.1. The number of hydrogen-bond acceptors (Lipinski definition) is 7. The average molecular weight is 498 g/mol. The van der Waals surface area contributed by atoms with Crippen LogP contribution in [-0.4, -0.2) is 54.4 Å². The van der Waals surface area contributed by atoms with Crippen molar-refractivity contribution in [2.45, 2.75) is 6.04 Å². The summed E-state index contributed by atoms with van der Waals surface area (Å²) in [6, 6.07) is 15.2. The molecule has 1 saturated heterocycles. The normalized spacial score (nSPS) is 15.9. The van der Waals surface area contributed by atoms with E-state index in [0.717, 1.165) is 11.8 Å². The zero-order valence-corrected chi connectivity index (χ0v) is 19.7. The summed E-state index contributed by atoms with van der Waals surface area (Å²) in [7, 11) is -3.24. The Morgan fingerprint density at radius 3 is 2.62 bits per heavy atom. The van der Waals surface area contributed by atoms with Crippen LogP contribution in [0.25, 0.3) is 0 Å². The van der Waals surface area contributed by atoms with Gasteiger partial charge >= 0.3 is 6.03 Å². The van der Waals surface area contributed by atoms with Gasteiger partial charge in [-0.1, -0.05) is 23.7 Å². The Balaban J connectivity index is 1.67. The topological polar surface area (TPSA) is 116 Å². The number of aromatic nitrogens is 2. The predicted molar refractivity (Wildman–Crippen MR) is 127 cm³/mol. The Labute approximate surface area is 202 Å². The smallest absolute Gasteiger partial charge is 0.325 e. The zero-order valence-electron chi connectivity index (χ0n) is 18.1. The minimum atomic E-state index is -3.24. The molecule has 2 heterocycles. The molecule has 2 amide bonds. The molecule has 1 aliphatic rings. The van der Waals surface area contributed by atoms with Gasteiger partial charge in [-0.05, 0) is 42.0 Å². The van der Waals surface area contributed by atoms with E-state index in [9.17, 15) is 18.5 Å². The van der Waals surface area contributed by atoms with Crippen LogP contribution in [0.5, 0.6) is 11.6 Å². The molecule has 1 fully saturated rings. The fraction of sp³-hybridized carbons (Fsp3) is 0.217. The van der Waals surface area contributed by atoms with Crippen LogP contribution in [0.4, 0.5) is 10.5 Å². The van der Waals surface area contributed by atoms with Crippen LogP contribution in [0, 0.1) is 11.3 Å². The molecule has 34 heavy (non-hydrogen) atoms. The van der Waals surface area contributed by atoms with Gasteiger partial charge in [0.05, 0.1) is 11.8 Å². The molecule has 2 aromatic carbocycles. The van der Waals surface area contributed by atoms with Crippen LogP contribution in [-0.2, 0) is 9.84 Å². The number of nitrogens with zero attached hydrogens (tertiary/aromatic N) is 5. The molecule has 0 saturated carbocycles. The van der Waals surface area contributed by atoms with Gasteiger partial charge in [-0.2, -0.15) is 5.26 Å². The van der Waals surface area contributed by atoms with Crippen molar-refractivity contribution >= 4 is 33.2 Å². The number of rotatable bonds is 7. The molecular weight excluding hydrogens is 478 g/mol. The third-order valence-electron chi connectivity index (χ3n) is 5.25. The van der Waals surface area contributed by atoms with Gasteiger partial charge in [0.15, 0.2) is 0 Å². The molecule has 0 aliphatic carbocycles. The average Bonchev–Trinajstić information content (AvgIpc) is 3.14. The Kier molecular flexibility index (Phi) is 6.68. The number of sulfone groups is 1. The third kappa shape index (κ3) is 5.27. The molecule has 4 rings (SSSR count). The minimum absolute atomic E-state index is 0.0543. The first-order valence-electron chi connectivity index (χ1n) is 10.3. The van der Waals surface area contributed by atoms with Crippen LogP contribution in [0.2, 0.25) is 5.02 Å². The van der Waals surface area contributed by atoms with Crippen molar-refractivity contribution in [3.05, 3.63) is 77.2 Å². The number of amides is 2. The van der Waals surface area contributed by atoms with Crippen molar-refractivity contribution in [3.8, 4) is 17.7 Å². The van der Waals surface area contributed by atoms with Crippen molar-refractivity contribution in [1.82, 2.24) is 14.9 Å². The maximum Gasteiger partial charge on any atom is 0.325 e. The summed E-state index contributed by atoms with van der Waals surface area (Å²) in [6.45, 7) is 0.370. The summed E-state index contributed by atoms with van der Waals surface area (Å²) < 4.78 is 29.2. The van der Waals surface area contributed by atoms with E-state index >= 15 is 0 Å². The highest BCUT2D eigenvalue weighted by Crippen LogP contribution is 2.36. The summed E-state index contributed by atoms with van der Waals surface area (Å²) in [5.41, 5.74) is 1.46. The second kappa shape index (κ2) is 9.67. The summed E-state index contributed by atoms with van der Waals surface area (Å²) in [6.07, 6.45) is 3.98. The SMILES string of the molecule is CS(=O)(=O)CCN1CC(c2cccc(Oc3nccnc3C#N)c2)N(c2ccc(Cl)cc2)C1=O. The fourth-order valence-electron chi connectivity index (χ4n) is 3.64. The maximum atomic E-state index is 13.3. The lowest BCUT2D eigenvalue weighted by molar-refractivity contribution is 0.223. The molecule has 3 aromatic rings. The second-order valence-corrected chi connectivity index (χ2v) is 10.4. The van der Waals surface area contributed by atoms with E-state index in [1.165, 1.54) is 17.3 Å². The van der Waals surface area contributed by atoms with Crippen molar-refractivity contribution < 1.29 is 17.9 Å². The standard InChI is InChI=1S/C23H20ClN5O4S/c1-34(31,32)12-11-28-15-21(29(23(28)30)18-7-5-17(24)6-8-18)16-3-2-4-19(13-16)33-22-20(14-25)26-9-10-27-22/h2-10,13,21H,11-12,15H2,1H3. The van der Waals surface area contributed by atoms with Crippen LogP contribution >= 0.6 is 11.6 Å². The van der Waals surface area contributed by atoms with Gasteiger partial charge in [0.1, 0.15) is 21.7 Å². The Bertz CT molecular complexity index is 1360. The first-order chi connectivity index (χ1) is 16.2. The molecule has 0 radical (unpaired) electrons. The number of nitriles is 1. The second-order valence-electron chi connectivity index (χ2n) is 7.72. The van der Waals surface area contributed by atoms with E-state index in [1.807, 2.05) is 12.1 Å². The first-order valence-corrected chi connectivity index (χ1v) is 12.7. The first kappa shape index (κ1) is 23.5. The molecule has 0 bridgehead atoms. The van der Waals surface area contributed by atoms with E-state index in [4.69, 9.17) is 16.3 Å². The van der Waals surface area contributed by atoms with Crippen LogP contribution in [0.3, 0.4) is 0 Å². The molecular formula is C23H20ClN5O4S. The van der Waals surface area contributed by atoms with Crippen molar-refractivity contribution in [2.75, 3.05) is 30.0 Å². The van der Waals surface area contributed by atoms with Gasteiger partial charge < -0.3 is 9.64 Å². The number of benzene rings is 2. The lowest BCUT2D eigenvalue weighted by Crippen LogP contribution is -2.35. The number of anilines is 1. The van der Waals surface area contributed by atoms with Gasteiger partial charge in [0.2, 0.25) is 5.69 Å². The maximum absolute atomic E-state index is 13.3. The molecule has 1 unspecified atom stereocenters. The van der Waals surface area contributed by atoms with Gasteiger partial charge in [-0.3, -0.25) is 4.90 Å². The van der Waals surface area contributed by atoms with Crippen molar-refractivity contribution in [2.24, 2.45) is 0 Å². The van der Waals surface area contributed by atoms with E-state index < -0.39 is 15.9 Å². The van der Waals surface area contributed by atoms with Gasteiger partial charge in [-0.15, -0.1) is 0 Å². The van der Waals surface area contributed by atoms with Crippen LogP contribution in [0.15, 0.2) is 60.9 Å². The number of carbonyl (C=O) groups is 1. The van der Waals surface area contributed by atoms with Crippen LogP contribution in [0.1, 0.15) is 17.3 Å². The van der Waals surface area contributed by atoms with Gasteiger partial charge in [0, 0.05) is 42.4 Å². The molecule has 9 nitrogen and oxygen atoms in total. The molecule has 1 aromatic heterocycles. The summed E-state index contributed by atoms with van der Waals surface area (Å²) in [5, 5.41) is 9.77. The zero-order chi connectivity index (χ0) is 24.3. The summed E-state index contributed by atoms with van der Waals surface area (Å²) >= 11 is 6.03. The van der Waals surface area contributed by atoms with E-state index in [1.54, 1.807) is 47.4 Å². The molecule has 174 valence electrons. The highest BCUT2D eigenvalue weighted by molar-refractivity contribution is 7.90. The number of ether oxygens (including phenoxy) is 1. The molecule has 1 atom stereocenters. The van der Waals surface area contributed by atoms with E-state index in [2.05, 4.69) is 9.97 Å². The highest BCUT2D eigenvalue weighted by atomic mass is 35.5. The van der Waals surface area contributed by atoms with Gasteiger partial charge in [0.25, 0.3) is 5.88 Å². The highest BCUT2D eigenvalue weighted by Gasteiger charge is 2.39. The van der Waals surface area contributed by atoms with E-state index in [0.29, 0.717) is 16.5 Å². The molecule has 0 N–H and O–H groups in total. The number of urea groups is 1. The Hall–Kier alpha value is -3.68. The number of halogens is 1. The Morgan fingerprint density at radius 1 is 1.18 bits per heavy atom. The lowest BCUT2D eigenvalue weighted by Gasteiger charge is -2.24. The number of carbonyl (C=O) groups excluding carboxylic acids is 1. The minimum Gasteiger partial charge on any atom is -0.436 e. The molecule has 1 aliphatic heterocycles. The summed E-state index contributed by atoms with van der Waals surface area (Å²) in [5.74, 6) is 0.369. The fourth-order valence-corrected chi connectivity index (χ4v) is 4.32. The van der Waals surface area contributed by atoms with E-state index in [-0.39, 0.29) is 36.4 Å². The molecule has 0 spiro atoms. The quantitative estimate of drug-likeness (QED) is 0.487. The summed E-state index contributed by atoms with van der Waals surface area (Å²) in [4.78, 5) is 24.4. The molecule has 11 heteroatoms. The largest absolute Gasteiger partial charge is 0.436 e. The van der Waals surface area contributed by atoms with Crippen molar-refractivity contribution in [3.63, 3.8) is 0 Å². The monoisotopic (exact) mass is 497 g/mol. The van der Waals surface area contributed by atoms with Crippen molar-refractivity contribution in [1.29, 1.82) is 5.26 Å². The number of hydrogen-bond donors (Lipinski definition) is 0. The Morgan fingerprint density at radius 2 is 1.91 bits per heavy atom. The van der Waals surface area contributed by atoms with Crippen LogP contribution < -0.4 is 9.64 Å².